The van der Waals surface area contributed by atoms with Crippen LogP contribution < -0.4 is 11.1 Å². The Balaban J connectivity index is 0. The summed E-state index contributed by atoms with van der Waals surface area (Å²) >= 11 is 0. The molecular weight excluding hydrogens is 420 g/mol. The minimum Gasteiger partial charge on any atom is -0.437 e. The fourth-order valence-electron chi connectivity index (χ4n) is 2.09. The van der Waals surface area contributed by atoms with Crippen LogP contribution in [0.25, 0.3) is 0 Å². The van der Waals surface area contributed by atoms with E-state index in [0.717, 1.165) is 6.61 Å². The molecule has 1 atom stereocenters. The van der Waals surface area contributed by atoms with E-state index < -0.39 is 31.8 Å². The van der Waals surface area contributed by atoms with Crippen molar-refractivity contribution in [3.05, 3.63) is 0 Å². The molecule has 0 saturated heterocycles. The molecule has 13 heteroatoms. The molecule has 0 bridgehead atoms. The van der Waals surface area contributed by atoms with Gasteiger partial charge in [0.25, 0.3) is 0 Å². The summed E-state index contributed by atoms with van der Waals surface area (Å²) in [7, 11) is -8.43. The maximum atomic E-state index is 10.0. The lowest BCUT2D eigenvalue weighted by molar-refractivity contribution is 0.0284. The normalized spacial score (nSPS) is 13.8. The SMILES string of the molecule is CCOCN.CCOCNCC(O)COC[Si](O)(O)O[Si](C)(C)O[Si](C)(C)C. The van der Waals surface area contributed by atoms with E-state index >= 15 is 0 Å². The predicted molar refractivity (Wildman–Crippen MR) is 115 cm³/mol. The Hall–Kier alpha value is 0.251. The average molecular weight is 463 g/mol. The number of ether oxygens (including phenoxy) is 3. The van der Waals surface area contributed by atoms with Gasteiger partial charge in [0.15, 0.2) is 8.32 Å². The number of aliphatic hydroxyl groups is 1. The lowest BCUT2D eigenvalue weighted by Gasteiger charge is -2.34. The van der Waals surface area contributed by atoms with Crippen molar-refractivity contribution in [2.75, 3.05) is 46.1 Å². The van der Waals surface area contributed by atoms with Gasteiger partial charge in [0.1, 0.15) is 6.23 Å². The van der Waals surface area contributed by atoms with Crippen LogP contribution >= 0.6 is 0 Å². The van der Waals surface area contributed by atoms with Crippen LogP contribution in [0.3, 0.4) is 0 Å². The first kappa shape index (κ1) is 30.4. The molecule has 0 aromatic rings. The van der Waals surface area contributed by atoms with Crippen LogP contribution in [0.2, 0.25) is 32.7 Å². The van der Waals surface area contributed by atoms with E-state index in [1.807, 2.05) is 33.5 Å². The van der Waals surface area contributed by atoms with E-state index in [1.165, 1.54) is 0 Å². The van der Waals surface area contributed by atoms with Crippen LogP contribution in [0.5, 0.6) is 0 Å². The Morgan fingerprint density at radius 2 is 1.50 bits per heavy atom. The molecule has 0 aliphatic carbocycles. The second-order valence-corrected chi connectivity index (χ2v) is 17.8. The molecule has 0 rings (SSSR count). The van der Waals surface area contributed by atoms with Crippen LogP contribution in [0.4, 0.5) is 0 Å². The highest BCUT2D eigenvalue weighted by molar-refractivity contribution is 6.84. The summed E-state index contributed by atoms with van der Waals surface area (Å²) in [5.74, 6) is 0. The third-order valence-electron chi connectivity index (χ3n) is 2.67. The Bertz CT molecular complexity index is 372. The lowest BCUT2D eigenvalue weighted by atomic mass is 10.4. The van der Waals surface area contributed by atoms with E-state index in [-0.39, 0.29) is 12.8 Å². The highest BCUT2D eigenvalue weighted by atomic mass is 28.5. The monoisotopic (exact) mass is 462 g/mol. The standard InChI is InChI=1S/C12H33NO7Si3.C3H9NO/c1-7-17-10-13-8-12(14)9-18-11-23(15,16)20-22(5,6)19-21(2,3)4;1-2-5-3-4/h12-16H,7-11H2,1-6H3;2-4H2,1H3. The summed E-state index contributed by atoms with van der Waals surface area (Å²) in [6.07, 6.45) is -1.09. The van der Waals surface area contributed by atoms with Crippen LogP contribution in [-0.4, -0.2) is 92.5 Å². The topological polar surface area (TPSA) is 145 Å². The molecular formula is C15H42N2O8Si3. The second kappa shape index (κ2) is 16.0. The van der Waals surface area contributed by atoms with Gasteiger partial charge in [-0.2, -0.15) is 0 Å². The first-order chi connectivity index (χ1) is 12.8. The number of aliphatic hydroxyl groups excluding tert-OH is 1. The Kier molecular flexibility index (Phi) is 17.4. The maximum absolute atomic E-state index is 10.0. The quantitative estimate of drug-likeness (QED) is 0.127. The summed E-state index contributed by atoms with van der Waals surface area (Å²) < 4.78 is 26.2. The molecule has 0 aliphatic heterocycles. The zero-order valence-corrected chi connectivity index (χ0v) is 21.5. The highest BCUT2D eigenvalue weighted by Gasteiger charge is 2.43. The van der Waals surface area contributed by atoms with Crippen molar-refractivity contribution in [1.82, 2.24) is 5.32 Å². The average Bonchev–Trinajstić information content (AvgIpc) is 2.49. The Labute approximate surface area is 173 Å². The third-order valence-corrected chi connectivity index (χ3v) is 10.9. The van der Waals surface area contributed by atoms with Crippen molar-refractivity contribution in [3.8, 4) is 0 Å². The van der Waals surface area contributed by atoms with Crippen molar-refractivity contribution in [3.63, 3.8) is 0 Å². The van der Waals surface area contributed by atoms with Gasteiger partial charge < -0.3 is 42.9 Å². The molecule has 0 spiro atoms. The van der Waals surface area contributed by atoms with Gasteiger partial charge in [0, 0.05) is 19.8 Å². The van der Waals surface area contributed by atoms with Crippen molar-refractivity contribution >= 4 is 25.7 Å². The molecule has 10 nitrogen and oxygen atoms in total. The summed E-state index contributed by atoms with van der Waals surface area (Å²) in [6, 6.07) is 0. The molecule has 0 saturated carbocycles. The first-order valence-corrected chi connectivity index (χ1v) is 17.7. The number of nitrogens with two attached hydrogens (primary N) is 1. The van der Waals surface area contributed by atoms with E-state index in [0.29, 0.717) is 26.6 Å². The summed E-state index contributed by atoms with van der Waals surface area (Å²) in [5.41, 5.74) is 4.92. The molecule has 172 valence electrons. The van der Waals surface area contributed by atoms with Crippen LogP contribution in [0, 0.1) is 0 Å². The van der Waals surface area contributed by atoms with Crippen molar-refractivity contribution in [1.29, 1.82) is 0 Å². The largest absolute Gasteiger partial charge is 0.513 e. The summed E-state index contributed by atoms with van der Waals surface area (Å²) in [6.45, 7) is 15.7. The maximum Gasteiger partial charge on any atom is 0.513 e. The first-order valence-electron chi connectivity index (χ1n) is 9.45. The van der Waals surface area contributed by atoms with Gasteiger partial charge in [-0.1, -0.05) is 0 Å². The minimum absolute atomic E-state index is 0.0186. The molecule has 0 aromatic carbocycles. The van der Waals surface area contributed by atoms with Crippen LogP contribution in [0.15, 0.2) is 0 Å². The highest BCUT2D eigenvalue weighted by Crippen LogP contribution is 2.18. The Morgan fingerprint density at radius 3 is 1.93 bits per heavy atom. The van der Waals surface area contributed by atoms with E-state index in [2.05, 4.69) is 10.1 Å². The van der Waals surface area contributed by atoms with Gasteiger partial charge in [0.2, 0.25) is 0 Å². The number of nitrogens with one attached hydrogen (secondary N) is 1. The van der Waals surface area contributed by atoms with Crippen molar-refractivity contribution < 1.29 is 37.1 Å². The van der Waals surface area contributed by atoms with E-state index in [4.69, 9.17) is 23.4 Å². The van der Waals surface area contributed by atoms with Gasteiger partial charge in [-0.05, 0) is 46.6 Å². The van der Waals surface area contributed by atoms with Crippen molar-refractivity contribution in [2.45, 2.75) is 52.7 Å². The smallest absolute Gasteiger partial charge is 0.437 e. The summed E-state index contributed by atoms with van der Waals surface area (Å²) in [4.78, 5) is 20.0. The molecule has 0 amide bonds. The molecule has 0 radical (unpaired) electrons. The Morgan fingerprint density at radius 1 is 0.929 bits per heavy atom. The van der Waals surface area contributed by atoms with Crippen LogP contribution in [-0.2, 0) is 22.4 Å². The molecule has 0 aliphatic rings. The fraction of sp³-hybridized carbons (Fsp3) is 1.00. The van der Waals surface area contributed by atoms with Crippen LogP contribution in [0.1, 0.15) is 13.8 Å². The number of rotatable bonds is 15. The summed E-state index contributed by atoms with van der Waals surface area (Å²) in [5, 5.41) is 12.6. The van der Waals surface area contributed by atoms with Gasteiger partial charge in [-0.15, -0.1) is 0 Å². The van der Waals surface area contributed by atoms with Gasteiger partial charge in [-0.3, -0.25) is 5.32 Å². The third kappa shape index (κ3) is 22.5. The molecule has 28 heavy (non-hydrogen) atoms. The molecule has 0 fully saturated rings. The predicted octanol–water partition coefficient (Wildman–Crippen LogP) is -0.0808. The van der Waals surface area contributed by atoms with Gasteiger partial charge in [0.05, 0.1) is 26.2 Å². The van der Waals surface area contributed by atoms with Gasteiger partial charge in [-0.25, -0.2) is 0 Å². The number of hydrogen-bond donors (Lipinski definition) is 5. The van der Waals surface area contributed by atoms with E-state index in [9.17, 15) is 14.7 Å². The molecule has 6 N–H and O–H groups in total. The zero-order valence-electron chi connectivity index (χ0n) is 18.5. The van der Waals surface area contributed by atoms with Gasteiger partial charge >= 0.3 is 17.4 Å². The van der Waals surface area contributed by atoms with E-state index in [1.54, 1.807) is 13.1 Å². The molecule has 0 heterocycles. The van der Waals surface area contributed by atoms with Crippen molar-refractivity contribution in [2.24, 2.45) is 5.73 Å². The minimum atomic E-state index is -3.97. The second-order valence-electron chi connectivity index (χ2n) is 7.38. The lowest BCUT2D eigenvalue weighted by Crippen LogP contribution is -2.57. The fourth-order valence-corrected chi connectivity index (χ4v) is 12.3. The number of hydrogen-bond acceptors (Lipinski definition) is 10. The molecule has 0 aromatic heterocycles. The zero-order chi connectivity index (χ0) is 22.3. The molecule has 1 unspecified atom stereocenters.